The molecule has 2 fully saturated rings. The van der Waals surface area contributed by atoms with Gasteiger partial charge >= 0.3 is 0 Å². The van der Waals surface area contributed by atoms with Crippen LogP contribution >= 0.6 is 0 Å². The molecule has 8 heteroatoms. The van der Waals surface area contributed by atoms with Crippen LogP contribution in [0.5, 0.6) is 0 Å². The molecule has 3 heterocycles. The van der Waals surface area contributed by atoms with Crippen molar-refractivity contribution in [2.45, 2.75) is 50.4 Å². The quantitative estimate of drug-likeness (QED) is 0.570. The molecule has 8 nitrogen and oxygen atoms in total. The van der Waals surface area contributed by atoms with Gasteiger partial charge in [0.2, 0.25) is 11.8 Å². The lowest BCUT2D eigenvalue weighted by atomic mass is 9.93. The number of nitrogens with one attached hydrogen (secondary N) is 3. The second-order valence-electron chi connectivity index (χ2n) is 8.15. The van der Waals surface area contributed by atoms with Gasteiger partial charge < -0.3 is 20.3 Å². The normalized spacial score (nSPS) is 26.7. The largest absolute Gasteiger partial charge is 0.385 e. The first-order valence-electron chi connectivity index (χ1n) is 10.2. The van der Waals surface area contributed by atoms with Crippen LogP contribution in [0.3, 0.4) is 0 Å². The van der Waals surface area contributed by atoms with E-state index < -0.39 is 6.04 Å². The van der Waals surface area contributed by atoms with Crippen molar-refractivity contribution in [3.63, 3.8) is 0 Å². The van der Waals surface area contributed by atoms with Gasteiger partial charge in [-0.2, -0.15) is 0 Å². The second-order valence-corrected chi connectivity index (χ2v) is 8.15. The van der Waals surface area contributed by atoms with E-state index in [-0.39, 0.29) is 29.7 Å². The van der Waals surface area contributed by atoms with E-state index in [2.05, 4.69) is 16.0 Å². The number of methoxy groups -OCH3 is 1. The van der Waals surface area contributed by atoms with Gasteiger partial charge in [0.05, 0.1) is 0 Å². The highest BCUT2D eigenvalue weighted by molar-refractivity contribution is 6.05. The number of nitrogens with zero attached hydrogens (tertiary/aromatic N) is 1. The molecule has 2 unspecified atom stereocenters. The summed E-state index contributed by atoms with van der Waals surface area (Å²) in [5.74, 6) is -0.780. The van der Waals surface area contributed by atoms with Gasteiger partial charge in [-0.25, -0.2) is 0 Å². The van der Waals surface area contributed by atoms with E-state index >= 15 is 0 Å². The van der Waals surface area contributed by atoms with Crippen LogP contribution < -0.4 is 16.0 Å². The van der Waals surface area contributed by atoms with E-state index in [0.717, 1.165) is 37.1 Å². The number of fused-ring (bicyclic) bond motifs is 1. The molecule has 3 aliphatic rings. The van der Waals surface area contributed by atoms with Crippen molar-refractivity contribution in [1.29, 1.82) is 0 Å². The summed E-state index contributed by atoms with van der Waals surface area (Å²) in [6, 6.07) is 5.18. The topological polar surface area (TPSA) is 99.8 Å². The fourth-order valence-electron chi connectivity index (χ4n) is 4.59. The molecular formula is C21H28N4O4. The summed E-state index contributed by atoms with van der Waals surface area (Å²) >= 11 is 0. The number of imide groups is 1. The standard InChI is InChI=1S/C21H28N4O4/c1-29-10-8-21(7-9-22-13-21)23-11-14-3-2-4-15-16(14)12-25(20(15)28)17-5-6-18(26)24-19(17)27/h2-4,17,22-23H,5-13H2,1H3,(H,24,26,27). The summed E-state index contributed by atoms with van der Waals surface area (Å²) in [6.45, 7) is 3.63. The third-order valence-electron chi connectivity index (χ3n) is 6.36. The maximum Gasteiger partial charge on any atom is 0.255 e. The Morgan fingerprint density at radius 1 is 1.31 bits per heavy atom. The lowest BCUT2D eigenvalue weighted by molar-refractivity contribution is -0.136. The maximum absolute atomic E-state index is 13.0. The Morgan fingerprint density at radius 2 is 2.17 bits per heavy atom. The highest BCUT2D eigenvalue weighted by atomic mass is 16.5. The summed E-state index contributed by atoms with van der Waals surface area (Å²) in [5.41, 5.74) is 2.70. The molecule has 29 heavy (non-hydrogen) atoms. The second kappa shape index (κ2) is 8.22. The Kier molecular flexibility index (Phi) is 5.67. The first-order chi connectivity index (χ1) is 14.0. The van der Waals surface area contributed by atoms with Gasteiger partial charge in [-0.1, -0.05) is 12.1 Å². The van der Waals surface area contributed by atoms with E-state index in [1.54, 1.807) is 12.0 Å². The number of carbonyl (C=O) groups is 3. The lowest BCUT2D eigenvalue weighted by Crippen LogP contribution is -2.52. The zero-order chi connectivity index (χ0) is 20.4. The van der Waals surface area contributed by atoms with E-state index in [0.29, 0.717) is 31.7 Å². The number of ether oxygens (including phenoxy) is 1. The van der Waals surface area contributed by atoms with Crippen molar-refractivity contribution in [3.8, 4) is 0 Å². The maximum atomic E-state index is 13.0. The van der Waals surface area contributed by atoms with Gasteiger partial charge in [-0.05, 0) is 43.0 Å². The van der Waals surface area contributed by atoms with Crippen LogP contribution in [0, 0.1) is 0 Å². The van der Waals surface area contributed by atoms with Crippen LogP contribution in [-0.2, 0) is 27.4 Å². The van der Waals surface area contributed by atoms with Gasteiger partial charge in [0, 0.05) is 50.9 Å². The molecule has 3 aliphatic heterocycles. The fraction of sp³-hybridized carbons (Fsp3) is 0.571. The Bertz CT molecular complexity index is 819. The van der Waals surface area contributed by atoms with Crippen molar-refractivity contribution in [2.24, 2.45) is 0 Å². The minimum absolute atomic E-state index is 0.00927. The number of amides is 3. The molecule has 0 saturated carbocycles. The number of piperidine rings is 1. The number of benzene rings is 1. The monoisotopic (exact) mass is 400 g/mol. The molecule has 1 aromatic carbocycles. The van der Waals surface area contributed by atoms with Crippen LogP contribution in [0.25, 0.3) is 0 Å². The summed E-state index contributed by atoms with van der Waals surface area (Å²) < 4.78 is 5.29. The number of hydrogen-bond acceptors (Lipinski definition) is 6. The summed E-state index contributed by atoms with van der Waals surface area (Å²) in [5, 5.41) is 9.48. The molecule has 3 amide bonds. The average Bonchev–Trinajstić information content (AvgIpc) is 3.31. The molecule has 0 bridgehead atoms. The molecule has 2 atom stereocenters. The summed E-state index contributed by atoms with van der Waals surface area (Å²) in [4.78, 5) is 38.3. The first-order valence-corrected chi connectivity index (χ1v) is 10.2. The lowest BCUT2D eigenvalue weighted by Gasteiger charge is -2.30. The highest BCUT2D eigenvalue weighted by Crippen LogP contribution is 2.30. The molecule has 4 rings (SSSR count). The van der Waals surface area contributed by atoms with Gasteiger partial charge in [0.1, 0.15) is 6.04 Å². The molecule has 2 saturated heterocycles. The zero-order valence-corrected chi connectivity index (χ0v) is 16.8. The number of hydrogen-bond donors (Lipinski definition) is 3. The van der Waals surface area contributed by atoms with Crippen LogP contribution in [0.4, 0.5) is 0 Å². The van der Waals surface area contributed by atoms with E-state index in [4.69, 9.17) is 4.74 Å². The molecule has 0 aromatic heterocycles. The van der Waals surface area contributed by atoms with Crippen molar-refractivity contribution in [1.82, 2.24) is 20.9 Å². The Hall–Kier alpha value is -2.29. The fourth-order valence-corrected chi connectivity index (χ4v) is 4.59. The predicted octanol–water partition coefficient (Wildman–Crippen LogP) is 0.306. The van der Waals surface area contributed by atoms with Crippen molar-refractivity contribution in [3.05, 3.63) is 34.9 Å². The van der Waals surface area contributed by atoms with Gasteiger partial charge in [0.15, 0.2) is 0 Å². The molecular weight excluding hydrogens is 372 g/mol. The van der Waals surface area contributed by atoms with E-state index in [9.17, 15) is 14.4 Å². The summed E-state index contributed by atoms with van der Waals surface area (Å²) in [7, 11) is 1.72. The van der Waals surface area contributed by atoms with Crippen molar-refractivity contribution in [2.75, 3.05) is 26.8 Å². The third-order valence-corrected chi connectivity index (χ3v) is 6.36. The van der Waals surface area contributed by atoms with Crippen molar-refractivity contribution >= 4 is 17.7 Å². The minimum Gasteiger partial charge on any atom is -0.385 e. The van der Waals surface area contributed by atoms with Crippen molar-refractivity contribution < 1.29 is 19.1 Å². The first kappa shape index (κ1) is 20.0. The average molecular weight is 400 g/mol. The third kappa shape index (κ3) is 3.92. The molecule has 0 radical (unpaired) electrons. The van der Waals surface area contributed by atoms with E-state index in [1.165, 1.54) is 0 Å². The Morgan fingerprint density at radius 3 is 2.90 bits per heavy atom. The SMILES string of the molecule is COCCC1(NCc2cccc3c2CN(C2CCC(=O)NC2=O)C3=O)CCNC1. The van der Waals surface area contributed by atoms with Crippen LogP contribution in [0.1, 0.15) is 47.2 Å². The predicted molar refractivity (Wildman–Crippen MR) is 106 cm³/mol. The Balaban J connectivity index is 1.49. The highest BCUT2D eigenvalue weighted by Gasteiger charge is 2.40. The van der Waals surface area contributed by atoms with Crippen LogP contribution in [-0.4, -0.2) is 61.0 Å². The molecule has 1 aromatic rings. The molecule has 0 aliphatic carbocycles. The van der Waals surface area contributed by atoms with Gasteiger partial charge in [0.25, 0.3) is 5.91 Å². The molecule has 3 N–H and O–H groups in total. The number of rotatable bonds is 7. The minimum atomic E-state index is -0.583. The number of carbonyl (C=O) groups excluding carboxylic acids is 3. The van der Waals surface area contributed by atoms with Gasteiger partial charge in [-0.3, -0.25) is 19.7 Å². The van der Waals surface area contributed by atoms with Crippen LogP contribution in [0.15, 0.2) is 18.2 Å². The summed E-state index contributed by atoms with van der Waals surface area (Å²) in [6.07, 6.45) is 2.60. The molecule has 156 valence electrons. The Labute approximate surface area is 170 Å². The smallest absolute Gasteiger partial charge is 0.255 e. The van der Waals surface area contributed by atoms with Crippen LogP contribution in [0.2, 0.25) is 0 Å². The zero-order valence-electron chi connectivity index (χ0n) is 16.8. The molecule has 0 spiro atoms. The van der Waals surface area contributed by atoms with E-state index in [1.807, 2.05) is 18.2 Å². The van der Waals surface area contributed by atoms with Gasteiger partial charge in [-0.15, -0.1) is 0 Å².